The molecule has 0 bridgehead atoms. The van der Waals surface area contributed by atoms with Crippen molar-refractivity contribution in [2.24, 2.45) is 9.78 Å². The van der Waals surface area contributed by atoms with Gasteiger partial charge >= 0.3 is 0 Å². The van der Waals surface area contributed by atoms with Gasteiger partial charge in [-0.05, 0) is 33.6 Å². The lowest BCUT2D eigenvalue weighted by atomic mass is 9.96. The first-order valence-corrected chi connectivity index (χ1v) is 7.36. The summed E-state index contributed by atoms with van der Waals surface area (Å²) in [6.07, 6.45) is 1.88. The van der Waals surface area contributed by atoms with Crippen molar-refractivity contribution >= 4 is 15.6 Å². The van der Waals surface area contributed by atoms with Gasteiger partial charge in [0.15, 0.2) is 0 Å². The Balaban J connectivity index is 3.19. The summed E-state index contributed by atoms with van der Waals surface area (Å²) in [6, 6.07) is 0. The summed E-state index contributed by atoms with van der Waals surface area (Å²) in [6.45, 7) is 11.2. The molecule has 1 rings (SSSR count). The molecule has 94 valence electrons. The molecule has 1 aliphatic carbocycles. The zero-order chi connectivity index (χ0) is 12.8. The summed E-state index contributed by atoms with van der Waals surface area (Å²) in [7, 11) is -2.42. The fourth-order valence-electron chi connectivity index (χ4n) is 1.36. The second-order valence-electron chi connectivity index (χ2n) is 6.53. The van der Waals surface area contributed by atoms with Gasteiger partial charge in [0, 0.05) is 15.4 Å². The summed E-state index contributed by atoms with van der Waals surface area (Å²) in [5.41, 5.74) is -0.539. The van der Waals surface area contributed by atoms with Crippen molar-refractivity contribution < 1.29 is 9.00 Å². The summed E-state index contributed by atoms with van der Waals surface area (Å²) in [4.78, 5) is 11.9. The van der Waals surface area contributed by atoms with E-state index in [0.29, 0.717) is 0 Å². The first-order chi connectivity index (χ1) is 6.98. The van der Waals surface area contributed by atoms with Crippen molar-refractivity contribution in [3.63, 3.8) is 0 Å². The average Bonchev–Trinajstić information content (AvgIpc) is 2.81. The molecule has 3 nitrogen and oxygen atoms in total. The molecular formula is C12H23NO2S. The topological polar surface area (TPSA) is 46.5 Å². The lowest BCUT2D eigenvalue weighted by Crippen LogP contribution is -2.33. The molecule has 0 radical (unpaired) electrons. The Morgan fingerprint density at radius 2 is 1.56 bits per heavy atom. The van der Waals surface area contributed by atoms with Crippen molar-refractivity contribution in [1.82, 2.24) is 0 Å². The number of hydrogen-bond acceptors (Lipinski definition) is 2. The highest BCUT2D eigenvalue weighted by atomic mass is 32.2. The molecule has 1 aliphatic rings. The lowest BCUT2D eigenvalue weighted by molar-refractivity contribution is -0.124. The summed E-state index contributed by atoms with van der Waals surface area (Å²) in [5.74, 6) is -0.237. The minimum Gasteiger partial charge on any atom is -0.271 e. The molecule has 1 amide bonds. The van der Waals surface area contributed by atoms with Crippen LogP contribution < -0.4 is 0 Å². The Hall–Kier alpha value is -0.380. The van der Waals surface area contributed by atoms with Gasteiger partial charge in [-0.3, -0.25) is 4.79 Å². The fraction of sp³-hybridized carbons (Fsp3) is 0.917. The molecular weight excluding hydrogens is 222 g/mol. The van der Waals surface area contributed by atoms with E-state index in [1.54, 1.807) is 0 Å². The Morgan fingerprint density at radius 3 is 1.81 bits per heavy atom. The van der Waals surface area contributed by atoms with E-state index in [1.165, 1.54) is 0 Å². The van der Waals surface area contributed by atoms with E-state index in [0.717, 1.165) is 12.8 Å². The van der Waals surface area contributed by atoms with Crippen LogP contribution in [0.1, 0.15) is 54.4 Å². The second kappa shape index (κ2) is 3.83. The van der Waals surface area contributed by atoms with Gasteiger partial charge < -0.3 is 0 Å². The molecule has 0 saturated heterocycles. The molecule has 16 heavy (non-hydrogen) atoms. The molecule has 0 aromatic heterocycles. The van der Waals surface area contributed by atoms with Crippen molar-refractivity contribution in [3.05, 3.63) is 0 Å². The molecule has 0 spiro atoms. The number of rotatable bonds is 1. The Kier molecular flexibility index (Phi) is 3.27. The maximum atomic E-state index is 12.8. The number of hydrogen-bond donors (Lipinski definition) is 0. The van der Waals surface area contributed by atoms with Gasteiger partial charge in [-0.1, -0.05) is 20.8 Å². The molecule has 0 unspecified atom stereocenters. The molecule has 0 aromatic rings. The summed E-state index contributed by atoms with van der Waals surface area (Å²) in [5, 5.41) is 0.124. The minimum absolute atomic E-state index is 0.124. The second-order valence-corrected chi connectivity index (χ2v) is 9.74. The highest BCUT2D eigenvalue weighted by Gasteiger charge is 2.43. The molecule has 0 aromatic carbocycles. The predicted octanol–water partition coefficient (Wildman–Crippen LogP) is 2.99. The van der Waals surface area contributed by atoms with Gasteiger partial charge in [-0.2, -0.15) is 4.36 Å². The Bertz CT molecular complexity index is 400. The Morgan fingerprint density at radius 1 is 1.12 bits per heavy atom. The monoisotopic (exact) mass is 245 g/mol. The van der Waals surface area contributed by atoms with Gasteiger partial charge in [0.1, 0.15) is 0 Å². The molecule has 1 atom stereocenters. The number of amides is 1. The van der Waals surface area contributed by atoms with E-state index in [9.17, 15) is 9.00 Å². The SMILES string of the molecule is CC(C)(C)C(=O)N=[S@](=O)(C1CC1)C(C)(C)C. The number of carbonyl (C=O) groups is 1. The van der Waals surface area contributed by atoms with Crippen LogP contribution >= 0.6 is 0 Å². The predicted molar refractivity (Wildman–Crippen MR) is 67.8 cm³/mol. The molecule has 1 saturated carbocycles. The lowest BCUT2D eigenvalue weighted by Gasteiger charge is -2.25. The van der Waals surface area contributed by atoms with Crippen LogP contribution in [0.25, 0.3) is 0 Å². The molecule has 0 N–H and O–H groups in total. The molecule has 0 aliphatic heterocycles. The maximum absolute atomic E-state index is 12.8. The van der Waals surface area contributed by atoms with Crippen LogP contribution in [0.2, 0.25) is 0 Å². The van der Waals surface area contributed by atoms with E-state index in [-0.39, 0.29) is 11.2 Å². The van der Waals surface area contributed by atoms with E-state index in [1.807, 2.05) is 41.5 Å². The van der Waals surface area contributed by atoms with E-state index < -0.39 is 19.9 Å². The van der Waals surface area contributed by atoms with E-state index in [2.05, 4.69) is 4.36 Å². The average molecular weight is 245 g/mol. The summed E-state index contributed by atoms with van der Waals surface area (Å²) >= 11 is 0. The van der Waals surface area contributed by atoms with Gasteiger partial charge in [-0.25, -0.2) is 4.21 Å². The van der Waals surface area contributed by atoms with Crippen LogP contribution in [0.4, 0.5) is 0 Å². The van der Waals surface area contributed by atoms with Crippen LogP contribution in [-0.4, -0.2) is 20.1 Å². The van der Waals surface area contributed by atoms with Crippen molar-refractivity contribution in [1.29, 1.82) is 0 Å². The normalized spacial score (nSPS) is 21.4. The van der Waals surface area contributed by atoms with Gasteiger partial charge in [0.05, 0.1) is 9.73 Å². The standard InChI is InChI=1S/C12H23NO2S/c1-11(2,3)10(14)13-16(15,9-7-8-9)12(4,5)6/h9H,7-8H2,1-6H3/t16-/m0/s1. The van der Waals surface area contributed by atoms with Crippen LogP contribution in [0.15, 0.2) is 4.36 Å². The third kappa shape index (κ3) is 2.65. The van der Waals surface area contributed by atoms with Gasteiger partial charge in [0.2, 0.25) is 0 Å². The number of nitrogens with zero attached hydrogens (tertiary/aromatic N) is 1. The first-order valence-electron chi connectivity index (χ1n) is 5.78. The largest absolute Gasteiger partial charge is 0.271 e. The molecule has 1 fully saturated rings. The third-order valence-corrected chi connectivity index (χ3v) is 6.28. The summed E-state index contributed by atoms with van der Waals surface area (Å²) < 4.78 is 16.5. The van der Waals surface area contributed by atoms with Crippen LogP contribution in [0.3, 0.4) is 0 Å². The quantitative estimate of drug-likeness (QED) is 0.713. The van der Waals surface area contributed by atoms with E-state index in [4.69, 9.17) is 0 Å². The van der Waals surface area contributed by atoms with Crippen molar-refractivity contribution in [2.75, 3.05) is 0 Å². The van der Waals surface area contributed by atoms with E-state index >= 15 is 0 Å². The molecule has 4 heteroatoms. The zero-order valence-corrected chi connectivity index (χ0v) is 12.0. The van der Waals surface area contributed by atoms with Crippen molar-refractivity contribution in [2.45, 2.75) is 64.4 Å². The highest BCUT2D eigenvalue weighted by molar-refractivity contribution is 7.96. The van der Waals surface area contributed by atoms with Gasteiger partial charge in [-0.15, -0.1) is 0 Å². The number of carbonyl (C=O) groups excluding carboxylic acids is 1. The smallest absolute Gasteiger partial charge is 0.259 e. The van der Waals surface area contributed by atoms with Gasteiger partial charge in [0.25, 0.3) is 5.91 Å². The fourth-order valence-corrected chi connectivity index (χ4v) is 4.08. The highest BCUT2D eigenvalue weighted by Crippen LogP contribution is 2.38. The zero-order valence-electron chi connectivity index (χ0n) is 11.2. The van der Waals surface area contributed by atoms with Crippen molar-refractivity contribution in [3.8, 4) is 0 Å². The van der Waals surface area contributed by atoms with Crippen LogP contribution in [0, 0.1) is 5.41 Å². The first kappa shape index (κ1) is 13.7. The Labute approximate surface area is 99.2 Å². The third-order valence-electron chi connectivity index (χ3n) is 2.71. The maximum Gasteiger partial charge on any atom is 0.259 e. The minimum atomic E-state index is -2.42. The van der Waals surface area contributed by atoms with Crippen LogP contribution in [0.5, 0.6) is 0 Å². The molecule has 0 heterocycles. The van der Waals surface area contributed by atoms with Crippen LogP contribution in [-0.2, 0) is 14.5 Å².